The number of anilines is 1. The van der Waals surface area contributed by atoms with Gasteiger partial charge in [0.25, 0.3) is 0 Å². The molecule has 0 saturated carbocycles. The smallest absolute Gasteiger partial charge is 0.0343 e. The maximum Gasteiger partial charge on any atom is 0.0343 e. The fourth-order valence-electron chi connectivity index (χ4n) is 1.91. The first-order valence-electron chi connectivity index (χ1n) is 5.55. The van der Waals surface area contributed by atoms with E-state index in [4.69, 9.17) is 5.73 Å². The Morgan fingerprint density at radius 1 is 1.29 bits per heavy atom. The van der Waals surface area contributed by atoms with Crippen molar-refractivity contribution in [3.8, 4) is 0 Å². The molecule has 2 N–H and O–H groups in total. The van der Waals surface area contributed by atoms with E-state index in [9.17, 15) is 0 Å². The van der Waals surface area contributed by atoms with Crippen LogP contribution in [0.5, 0.6) is 0 Å². The second-order valence-corrected chi connectivity index (χ2v) is 4.01. The summed E-state index contributed by atoms with van der Waals surface area (Å²) in [4.78, 5) is 0. The van der Waals surface area contributed by atoms with Gasteiger partial charge in [-0.3, -0.25) is 0 Å². The van der Waals surface area contributed by atoms with Crippen LogP contribution >= 0.6 is 0 Å². The predicted molar refractivity (Wildman–Crippen MR) is 63.5 cm³/mol. The molecule has 0 amide bonds. The summed E-state index contributed by atoms with van der Waals surface area (Å²) in [5.74, 6) is 0.708. The quantitative estimate of drug-likeness (QED) is 0.718. The van der Waals surface area contributed by atoms with Crippen molar-refractivity contribution in [2.75, 3.05) is 5.73 Å². The maximum absolute atomic E-state index is 5.80. The van der Waals surface area contributed by atoms with Crippen LogP contribution in [-0.4, -0.2) is 0 Å². The number of rotatable bonds is 4. The third-order valence-corrected chi connectivity index (χ3v) is 2.90. The van der Waals surface area contributed by atoms with Crippen LogP contribution in [0.15, 0.2) is 18.2 Å². The molecule has 1 nitrogen and oxygen atoms in total. The average Bonchev–Trinajstić information content (AvgIpc) is 2.19. The van der Waals surface area contributed by atoms with Gasteiger partial charge in [0.15, 0.2) is 0 Å². The molecule has 0 aliphatic rings. The van der Waals surface area contributed by atoms with Gasteiger partial charge in [-0.15, -0.1) is 0 Å². The van der Waals surface area contributed by atoms with Crippen LogP contribution in [-0.2, 0) is 0 Å². The van der Waals surface area contributed by atoms with Gasteiger partial charge in [0, 0.05) is 5.69 Å². The normalized spacial score (nSPS) is 12.8. The summed E-state index contributed by atoms with van der Waals surface area (Å²) in [7, 11) is 0. The first kappa shape index (κ1) is 11.1. The highest BCUT2D eigenvalue weighted by molar-refractivity contribution is 5.48. The van der Waals surface area contributed by atoms with Gasteiger partial charge in [-0.2, -0.15) is 0 Å². The fourth-order valence-corrected chi connectivity index (χ4v) is 1.91. The molecule has 0 aliphatic heterocycles. The van der Waals surface area contributed by atoms with Crippen molar-refractivity contribution in [3.63, 3.8) is 0 Å². The highest BCUT2D eigenvalue weighted by Gasteiger charge is 2.08. The van der Waals surface area contributed by atoms with E-state index in [0.717, 1.165) is 5.69 Å². The van der Waals surface area contributed by atoms with Crippen molar-refractivity contribution in [2.24, 2.45) is 0 Å². The average molecular weight is 191 g/mol. The predicted octanol–water partition coefficient (Wildman–Crippen LogP) is 3.87. The minimum Gasteiger partial charge on any atom is -0.399 e. The molecular formula is C13H21N. The summed E-state index contributed by atoms with van der Waals surface area (Å²) in [6.45, 7) is 6.58. The van der Waals surface area contributed by atoms with Crippen LogP contribution in [0.3, 0.4) is 0 Å². The largest absolute Gasteiger partial charge is 0.399 e. The van der Waals surface area contributed by atoms with Crippen LogP contribution in [0, 0.1) is 6.92 Å². The molecule has 0 fully saturated rings. The highest BCUT2D eigenvalue weighted by atomic mass is 14.5. The third-order valence-electron chi connectivity index (χ3n) is 2.90. The summed E-state index contributed by atoms with van der Waals surface area (Å²) in [6, 6.07) is 6.44. The highest BCUT2D eigenvalue weighted by Crippen LogP contribution is 2.26. The van der Waals surface area contributed by atoms with Crippen LogP contribution in [0.4, 0.5) is 5.69 Å². The molecule has 14 heavy (non-hydrogen) atoms. The molecule has 1 aromatic rings. The van der Waals surface area contributed by atoms with Crippen LogP contribution in [0.2, 0.25) is 0 Å². The zero-order valence-corrected chi connectivity index (χ0v) is 9.51. The van der Waals surface area contributed by atoms with E-state index in [2.05, 4.69) is 32.9 Å². The fraction of sp³-hybridized carbons (Fsp3) is 0.538. The first-order valence-corrected chi connectivity index (χ1v) is 5.55. The van der Waals surface area contributed by atoms with E-state index in [-0.39, 0.29) is 0 Å². The molecule has 0 aromatic heterocycles. The number of hydrogen-bond donors (Lipinski definition) is 1. The Balaban J connectivity index is 2.88. The molecule has 0 heterocycles. The monoisotopic (exact) mass is 191 g/mol. The Morgan fingerprint density at radius 3 is 2.50 bits per heavy atom. The molecule has 1 aromatic carbocycles. The summed E-state index contributed by atoms with van der Waals surface area (Å²) < 4.78 is 0. The Labute approximate surface area is 87.3 Å². The van der Waals surface area contributed by atoms with Gasteiger partial charge in [0.1, 0.15) is 0 Å². The van der Waals surface area contributed by atoms with E-state index in [1.54, 1.807) is 0 Å². The lowest BCUT2D eigenvalue weighted by atomic mass is 9.91. The number of aryl methyl sites for hydroxylation is 1. The standard InChI is InChI=1S/C13H21N/c1-4-6-11(5-2)12-7-8-13(14)10(3)9-12/h7-9,11H,4-6,14H2,1-3H3. The van der Waals surface area contributed by atoms with Gasteiger partial charge >= 0.3 is 0 Å². The van der Waals surface area contributed by atoms with E-state index in [1.807, 2.05) is 6.07 Å². The molecule has 0 spiro atoms. The van der Waals surface area contributed by atoms with Crippen molar-refractivity contribution in [1.29, 1.82) is 0 Å². The molecule has 0 saturated heterocycles. The van der Waals surface area contributed by atoms with E-state index in [0.29, 0.717) is 5.92 Å². The molecule has 0 radical (unpaired) electrons. The van der Waals surface area contributed by atoms with Crippen LogP contribution in [0.25, 0.3) is 0 Å². The van der Waals surface area contributed by atoms with Gasteiger partial charge in [-0.25, -0.2) is 0 Å². The minimum absolute atomic E-state index is 0.708. The van der Waals surface area contributed by atoms with Gasteiger partial charge in [0.2, 0.25) is 0 Å². The van der Waals surface area contributed by atoms with Crippen LogP contribution < -0.4 is 5.73 Å². The molecular weight excluding hydrogens is 170 g/mol. The second-order valence-electron chi connectivity index (χ2n) is 4.01. The molecule has 1 rings (SSSR count). The van der Waals surface area contributed by atoms with Crippen molar-refractivity contribution in [3.05, 3.63) is 29.3 Å². The van der Waals surface area contributed by atoms with Crippen molar-refractivity contribution >= 4 is 5.69 Å². The minimum atomic E-state index is 0.708. The number of hydrogen-bond acceptors (Lipinski definition) is 1. The topological polar surface area (TPSA) is 26.0 Å². The Kier molecular flexibility index (Phi) is 3.99. The molecule has 1 heteroatoms. The number of nitrogen functional groups attached to an aromatic ring is 1. The zero-order chi connectivity index (χ0) is 10.6. The Hall–Kier alpha value is -0.980. The summed E-state index contributed by atoms with van der Waals surface area (Å²) >= 11 is 0. The van der Waals surface area contributed by atoms with Gasteiger partial charge in [-0.05, 0) is 42.9 Å². The molecule has 1 atom stereocenters. The summed E-state index contributed by atoms with van der Waals surface area (Å²) in [5.41, 5.74) is 9.36. The molecule has 78 valence electrons. The lowest BCUT2D eigenvalue weighted by Crippen LogP contribution is -1.99. The lowest BCUT2D eigenvalue weighted by molar-refractivity contribution is 0.596. The van der Waals surface area contributed by atoms with E-state index in [1.165, 1.54) is 30.4 Å². The molecule has 0 aliphatic carbocycles. The Bertz CT molecular complexity index is 291. The molecule has 1 unspecified atom stereocenters. The van der Waals surface area contributed by atoms with Crippen molar-refractivity contribution in [2.45, 2.75) is 46.0 Å². The first-order chi connectivity index (χ1) is 6.69. The number of benzene rings is 1. The van der Waals surface area contributed by atoms with E-state index >= 15 is 0 Å². The van der Waals surface area contributed by atoms with Gasteiger partial charge in [-0.1, -0.05) is 32.4 Å². The summed E-state index contributed by atoms with van der Waals surface area (Å²) in [5, 5.41) is 0. The number of nitrogens with two attached hydrogens (primary N) is 1. The zero-order valence-electron chi connectivity index (χ0n) is 9.51. The van der Waals surface area contributed by atoms with Gasteiger partial charge in [0.05, 0.1) is 0 Å². The van der Waals surface area contributed by atoms with Crippen molar-refractivity contribution in [1.82, 2.24) is 0 Å². The second kappa shape index (κ2) is 5.04. The van der Waals surface area contributed by atoms with Crippen LogP contribution in [0.1, 0.15) is 50.2 Å². The van der Waals surface area contributed by atoms with E-state index < -0.39 is 0 Å². The third kappa shape index (κ3) is 2.50. The van der Waals surface area contributed by atoms with Gasteiger partial charge < -0.3 is 5.73 Å². The molecule has 0 bridgehead atoms. The maximum atomic E-state index is 5.80. The Morgan fingerprint density at radius 2 is 2.00 bits per heavy atom. The van der Waals surface area contributed by atoms with Crippen molar-refractivity contribution < 1.29 is 0 Å². The lowest BCUT2D eigenvalue weighted by Gasteiger charge is -2.15. The SMILES string of the molecule is CCCC(CC)c1ccc(N)c(C)c1. The summed E-state index contributed by atoms with van der Waals surface area (Å²) in [6.07, 6.45) is 3.75.